The van der Waals surface area contributed by atoms with Crippen molar-refractivity contribution in [3.05, 3.63) is 5.89 Å². The van der Waals surface area contributed by atoms with Gasteiger partial charge in [-0.15, -0.1) is 5.10 Å². The molecule has 2 aliphatic carbocycles. The van der Waals surface area contributed by atoms with Gasteiger partial charge in [0.2, 0.25) is 5.89 Å². The van der Waals surface area contributed by atoms with Gasteiger partial charge in [0.15, 0.2) is 0 Å². The van der Waals surface area contributed by atoms with Gasteiger partial charge in [-0.05, 0) is 19.3 Å². The van der Waals surface area contributed by atoms with Gasteiger partial charge in [0.25, 0.3) is 0 Å². The van der Waals surface area contributed by atoms with E-state index in [1.807, 2.05) is 0 Å². The van der Waals surface area contributed by atoms with E-state index in [0.717, 1.165) is 12.3 Å². The van der Waals surface area contributed by atoms with Gasteiger partial charge in [-0.25, -0.2) is 0 Å². The molecule has 5 heteroatoms. The smallest absolute Gasteiger partial charge is 0.315 e. The maximum absolute atomic E-state index is 8.85. The maximum atomic E-state index is 8.85. The van der Waals surface area contributed by atoms with E-state index in [4.69, 9.17) is 9.52 Å². The molecule has 1 heterocycles. The summed E-state index contributed by atoms with van der Waals surface area (Å²) in [6.07, 6.45) is 3.34. The quantitative estimate of drug-likeness (QED) is 0.741. The fourth-order valence-electron chi connectivity index (χ4n) is 1.57. The highest BCUT2D eigenvalue weighted by molar-refractivity contribution is 5.25. The van der Waals surface area contributed by atoms with Crippen LogP contribution in [0, 0.1) is 5.92 Å². The molecule has 0 aromatic carbocycles. The average molecular weight is 195 g/mol. The van der Waals surface area contributed by atoms with Gasteiger partial charge in [0.05, 0.1) is 0 Å². The summed E-state index contributed by atoms with van der Waals surface area (Å²) in [6.45, 7) is 0.237. The number of nitrogens with zero attached hydrogens (tertiary/aromatic N) is 2. The molecule has 0 saturated heterocycles. The lowest BCUT2D eigenvalue weighted by Crippen LogP contribution is -2.06. The summed E-state index contributed by atoms with van der Waals surface area (Å²) >= 11 is 0. The van der Waals surface area contributed by atoms with Crippen LogP contribution in [0.5, 0.6) is 0 Å². The van der Waals surface area contributed by atoms with Crippen molar-refractivity contribution in [1.29, 1.82) is 0 Å². The summed E-state index contributed by atoms with van der Waals surface area (Å²) in [5.41, 5.74) is 0. The third-order valence-corrected chi connectivity index (χ3v) is 2.83. The van der Waals surface area contributed by atoms with Crippen LogP contribution in [0.1, 0.15) is 31.1 Å². The summed E-state index contributed by atoms with van der Waals surface area (Å²) in [7, 11) is 0. The van der Waals surface area contributed by atoms with Crippen LogP contribution in [0.3, 0.4) is 0 Å². The van der Waals surface area contributed by atoms with E-state index in [1.54, 1.807) is 0 Å². The summed E-state index contributed by atoms with van der Waals surface area (Å²) in [6, 6.07) is 0.834. The second-order valence-electron chi connectivity index (χ2n) is 4.15. The lowest BCUT2D eigenvalue weighted by molar-refractivity contribution is 0.275. The van der Waals surface area contributed by atoms with E-state index >= 15 is 0 Å². The molecule has 2 fully saturated rings. The Balaban J connectivity index is 1.60. The molecule has 0 amide bonds. The molecular formula is C9H13N3O2. The van der Waals surface area contributed by atoms with Crippen LogP contribution in [-0.4, -0.2) is 28.0 Å². The third kappa shape index (κ3) is 1.48. The Morgan fingerprint density at radius 1 is 1.43 bits per heavy atom. The van der Waals surface area contributed by atoms with Crippen molar-refractivity contribution >= 4 is 6.01 Å². The molecule has 2 saturated carbocycles. The zero-order valence-corrected chi connectivity index (χ0v) is 7.81. The summed E-state index contributed by atoms with van der Waals surface area (Å²) in [5.74, 6) is 1.63. The summed E-state index contributed by atoms with van der Waals surface area (Å²) in [5, 5.41) is 19.9. The highest BCUT2D eigenvalue weighted by Crippen LogP contribution is 2.40. The van der Waals surface area contributed by atoms with Gasteiger partial charge >= 0.3 is 6.01 Å². The molecule has 3 rings (SSSR count). The molecule has 2 N–H and O–H groups in total. The number of hydrogen-bond acceptors (Lipinski definition) is 5. The predicted molar refractivity (Wildman–Crippen MR) is 48.9 cm³/mol. The highest BCUT2D eigenvalue weighted by Gasteiger charge is 2.38. The van der Waals surface area contributed by atoms with Gasteiger partial charge < -0.3 is 14.8 Å². The minimum Gasteiger partial charge on any atom is -0.408 e. The van der Waals surface area contributed by atoms with Gasteiger partial charge in [-0.2, -0.15) is 0 Å². The molecule has 76 valence electrons. The van der Waals surface area contributed by atoms with Crippen molar-refractivity contribution in [3.63, 3.8) is 0 Å². The summed E-state index contributed by atoms with van der Waals surface area (Å²) in [4.78, 5) is 0. The Kier molecular flexibility index (Phi) is 1.73. The maximum Gasteiger partial charge on any atom is 0.315 e. The molecule has 0 bridgehead atoms. The third-order valence-electron chi connectivity index (χ3n) is 2.83. The molecule has 2 atom stereocenters. The van der Waals surface area contributed by atoms with Crippen LogP contribution < -0.4 is 5.32 Å². The Bertz CT molecular complexity index is 335. The van der Waals surface area contributed by atoms with Crippen molar-refractivity contribution in [3.8, 4) is 0 Å². The molecule has 0 aliphatic heterocycles. The van der Waals surface area contributed by atoms with Crippen LogP contribution in [0.25, 0.3) is 0 Å². The molecule has 0 unspecified atom stereocenters. The van der Waals surface area contributed by atoms with Crippen LogP contribution in [0.2, 0.25) is 0 Å². The standard InChI is InChI=1S/C9H13N3O2/c13-4-6-3-7(6)10-9-12-11-8(14-9)5-1-2-5/h5-7,13H,1-4H2,(H,10,12)/t6-,7+/m0/s1. The lowest BCUT2D eigenvalue weighted by Gasteiger charge is -1.96. The van der Waals surface area contributed by atoms with Crippen molar-refractivity contribution < 1.29 is 9.52 Å². The summed E-state index contributed by atoms with van der Waals surface area (Å²) < 4.78 is 5.44. The van der Waals surface area contributed by atoms with E-state index in [9.17, 15) is 0 Å². The van der Waals surface area contributed by atoms with Crippen molar-refractivity contribution in [2.24, 2.45) is 5.92 Å². The van der Waals surface area contributed by atoms with E-state index in [0.29, 0.717) is 23.9 Å². The molecule has 0 spiro atoms. The van der Waals surface area contributed by atoms with E-state index < -0.39 is 0 Å². The number of nitrogens with one attached hydrogen (secondary N) is 1. The fourth-order valence-corrected chi connectivity index (χ4v) is 1.57. The number of anilines is 1. The lowest BCUT2D eigenvalue weighted by atomic mass is 10.4. The number of aliphatic hydroxyl groups is 1. The van der Waals surface area contributed by atoms with Crippen LogP contribution in [-0.2, 0) is 0 Å². The zero-order valence-electron chi connectivity index (χ0n) is 7.81. The van der Waals surface area contributed by atoms with Crippen LogP contribution >= 0.6 is 0 Å². The van der Waals surface area contributed by atoms with Crippen molar-refractivity contribution in [2.75, 3.05) is 11.9 Å². The molecular weight excluding hydrogens is 182 g/mol. The fraction of sp³-hybridized carbons (Fsp3) is 0.778. The average Bonchev–Trinajstić information content (AvgIpc) is 3.07. The first-order valence-electron chi connectivity index (χ1n) is 5.07. The second kappa shape index (κ2) is 2.95. The minimum atomic E-state index is 0.237. The van der Waals surface area contributed by atoms with Gasteiger partial charge in [0.1, 0.15) is 0 Å². The van der Waals surface area contributed by atoms with Crippen LogP contribution in [0.15, 0.2) is 4.42 Å². The van der Waals surface area contributed by atoms with Crippen LogP contribution in [0.4, 0.5) is 6.01 Å². The molecule has 14 heavy (non-hydrogen) atoms. The molecule has 5 nitrogen and oxygen atoms in total. The number of rotatable bonds is 4. The monoisotopic (exact) mass is 195 g/mol. The Hall–Kier alpha value is -1.10. The predicted octanol–water partition coefficient (Wildman–Crippen LogP) is 0.740. The zero-order chi connectivity index (χ0) is 9.54. The number of aromatic nitrogens is 2. The first-order chi connectivity index (χ1) is 6.86. The SMILES string of the molecule is OC[C@@H]1C[C@H]1Nc1nnc(C2CC2)o1. The van der Waals surface area contributed by atoms with Crippen molar-refractivity contribution in [1.82, 2.24) is 10.2 Å². The van der Waals surface area contributed by atoms with E-state index in [1.165, 1.54) is 12.8 Å². The largest absolute Gasteiger partial charge is 0.408 e. The van der Waals surface area contributed by atoms with E-state index in [-0.39, 0.29) is 6.61 Å². The minimum absolute atomic E-state index is 0.237. The Morgan fingerprint density at radius 2 is 2.29 bits per heavy atom. The molecule has 0 radical (unpaired) electrons. The second-order valence-corrected chi connectivity index (χ2v) is 4.15. The molecule has 2 aliphatic rings. The van der Waals surface area contributed by atoms with Gasteiger partial charge in [0, 0.05) is 24.5 Å². The first-order valence-corrected chi connectivity index (χ1v) is 5.07. The number of hydrogen-bond donors (Lipinski definition) is 2. The Labute approximate surface area is 81.5 Å². The first kappa shape index (κ1) is 8.23. The number of aliphatic hydroxyl groups excluding tert-OH is 1. The van der Waals surface area contributed by atoms with Gasteiger partial charge in [-0.3, -0.25) is 0 Å². The highest BCUT2D eigenvalue weighted by atomic mass is 16.4. The van der Waals surface area contributed by atoms with E-state index in [2.05, 4.69) is 15.5 Å². The molecule has 1 aromatic heterocycles. The van der Waals surface area contributed by atoms with Gasteiger partial charge in [-0.1, -0.05) is 5.10 Å². The Morgan fingerprint density at radius 3 is 2.93 bits per heavy atom. The topological polar surface area (TPSA) is 71.2 Å². The normalized spacial score (nSPS) is 30.4. The molecule has 1 aromatic rings. The van der Waals surface area contributed by atoms with Crippen molar-refractivity contribution in [2.45, 2.75) is 31.2 Å².